The van der Waals surface area contributed by atoms with Gasteiger partial charge in [0.25, 0.3) is 11.7 Å². The molecule has 1 aliphatic rings. The average molecular weight is 224 g/mol. The van der Waals surface area contributed by atoms with Gasteiger partial charge in [0.1, 0.15) is 0 Å². The number of carbonyl (C=O) groups excluding carboxylic acids is 1. The van der Waals surface area contributed by atoms with Gasteiger partial charge in [-0.1, -0.05) is 6.92 Å². The number of hydrogen-bond donors (Lipinski definition) is 2. The zero-order valence-corrected chi connectivity index (χ0v) is 9.31. The number of tetrazole rings is 1. The summed E-state index contributed by atoms with van der Waals surface area (Å²) in [7, 11) is 0. The smallest absolute Gasteiger partial charge is 0.292 e. The molecule has 1 aromatic heterocycles. The molecule has 7 nitrogen and oxygen atoms in total. The summed E-state index contributed by atoms with van der Waals surface area (Å²) in [5.41, 5.74) is 0. The van der Waals surface area contributed by atoms with Crippen molar-refractivity contribution in [3.8, 4) is 0 Å². The molecule has 0 bridgehead atoms. The van der Waals surface area contributed by atoms with E-state index in [0.29, 0.717) is 12.5 Å². The molecule has 1 fully saturated rings. The van der Waals surface area contributed by atoms with E-state index < -0.39 is 0 Å². The monoisotopic (exact) mass is 224 g/mol. The molecule has 16 heavy (non-hydrogen) atoms. The number of rotatable bonds is 4. The quantitative estimate of drug-likeness (QED) is 0.704. The van der Waals surface area contributed by atoms with Crippen molar-refractivity contribution < 1.29 is 4.79 Å². The zero-order chi connectivity index (χ0) is 11.4. The van der Waals surface area contributed by atoms with Gasteiger partial charge in [0.05, 0.1) is 0 Å². The summed E-state index contributed by atoms with van der Waals surface area (Å²) in [4.78, 5) is 13.9. The van der Waals surface area contributed by atoms with Crippen molar-refractivity contribution in [1.29, 1.82) is 0 Å². The fraction of sp³-hybridized carbons (Fsp3) is 0.778. The molecule has 2 N–H and O–H groups in total. The van der Waals surface area contributed by atoms with Gasteiger partial charge in [-0.3, -0.25) is 4.79 Å². The highest BCUT2D eigenvalue weighted by Gasteiger charge is 2.22. The first-order chi connectivity index (χ1) is 7.79. The van der Waals surface area contributed by atoms with Gasteiger partial charge in [-0.2, -0.15) is 5.21 Å². The highest BCUT2D eigenvalue weighted by Crippen LogP contribution is 2.14. The van der Waals surface area contributed by atoms with Crippen molar-refractivity contribution in [2.75, 3.05) is 26.2 Å². The number of aromatic nitrogens is 4. The van der Waals surface area contributed by atoms with E-state index in [0.717, 1.165) is 26.1 Å². The lowest BCUT2D eigenvalue weighted by Crippen LogP contribution is -2.31. The Bertz CT molecular complexity index is 338. The topological polar surface area (TPSA) is 86.8 Å². The second-order valence-electron chi connectivity index (χ2n) is 3.99. The molecule has 1 atom stereocenters. The van der Waals surface area contributed by atoms with Gasteiger partial charge in [-0.15, -0.1) is 10.2 Å². The van der Waals surface area contributed by atoms with Crippen molar-refractivity contribution in [3.05, 3.63) is 5.82 Å². The van der Waals surface area contributed by atoms with Crippen LogP contribution in [0.1, 0.15) is 24.0 Å². The summed E-state index contributed by atoms with van der Waals surface area (Å²) in [6.45, 7) is 6.10. The number of aromatic amines is 1. The summed E-state index contributed by atoms with van der Waals surface area (Å²) >= 11 is 0. The summed E-state index contributed by atoms with van der Waals surface area (Å²) in [6.07, 6.45) is 1.14. The standard InChI is InChI=1S/C9H16N6O/c1-2-15-4-3-7(6-15)5-10-9(16)8-11-13-14-12-8/h7H,2-6H2,1H3,(H,10,16)(H,11,12,13,14). The molecule has 2 heterocycles. The third kappa shape index (κ3) is 2.54. The van der Waals surface area contributed by atoms with Crippen LogP contribution < -0.4 is 5.32 Å². The Balaban J connectivity index is 1.74. The summed E-state index contributed by atoms with van der Waals surface area (Å²) in [6, 6.07) is 0. The minimum absolute atomic E-state index is 0.102. The molecule has 1 unspecified atom stereocenters. The molecule has 88 valence electrons. The second kappa shape index (κ2) is 5.02. The molecule has 1 saturated heterocycles. The lowest BCUT2D eigenvalue weighted by Gasteiger charge is -2.13. The van der Waals surface area contributed by atoms with Gasteiger partial charge in [-0.25, -0.2) is 0 Å². The van der Waals surface area contributed by atoms with Crippen molar-refractivity contribution in [1.82, 2.24) is 30.8 Å². The van der Waals surface area contributed by atoms with Gasteiger partial charge < -0.3 is 10.2 Å². The molecule has 7 heteroatoms. The predicted octanol–water partition coefficient (Wildman–Crippen LogP) is -0.729. The largest absolute Gasteiger partial charge is 0.349 e. The maximum atomic E-state index is 11.5. The molecular weight excluding hydrogens is 208 g/mol. The van der Waals surface area contributed by atoms with E-state index in [4.69, 9.17) is 0 Å². The molecule has 0 spiro atoms. The van der Waals surface area contributed by atoms with Crippen LogP contribution in [-0.4, -0.2) is 57.6 Å². The van der Waals surface area contributed by atoms with Crippen molar-refractivity contribution in [3.63, 3.8) is 0 Å². The normalized spacial score (nSPS) is 21.2. The lowest BCUT2D eigenvalue weighted by atomic mass is 10.1. The molecule has 1 aromatic rings. The molecule has 1 aliphatic heterocycles. The summed E-state index contributed by atoms with van der Waals surface area (Å²) in [5, 5.41) is 15.7. The Kier molecular flexibility index (Phi) is 3.45. The van der Waals surface area contributed by atoms with E-state index in [1.54, 1.807) is 0 Å². The number of hydrogen-bond acceptors (Lipinski definition) is 5. The number of H-pyrrole nitrogens is 1. The van der Waals surface area contributed by atoms with Gasteiger partial charge in [-0.05, 0) is 30.6 Å². The molecule has 0 saturated carbocycles. The van der Waals surface area contributed by atoms with E-state index in [9.17, 15) is 4.79 Å². The van der Waals surface area contributed by atoms with Crippen LogP contribution in [0.2, 0.25) is 0 Å². The van der Waals surface area contributed by atoms with Crippen LogP contribution in [0.4, 0.5) is 0 Å². The Morgan fingerprint density at radius 1 is 1.69 bits per heavy atom. The average Bonchev–Trinajstić information content (AvgIpc) is 2.96. The summed E-state index contributed by atoms with van der Waals surface area (Å²) < 4.78 is 0. The Morgan fingerprint density at radius 2 is 2.56 bits per heavy atom. The first kappa shape index (κ1) is 11.0. The maximum Gasteiger partial charge on any atom is 0.292 e. The van der Waals surface area contributed by atoms with Gasteiger partial charge >= 0.3 is 0 Å². The van der Waals surface area contributed by atoms with Crippen LogP contribution in [-0.2, 0) is 0 Å². The highest BCUT2D eigenvalue weighted by atomic mass is 16.2. The lowest BCUT2D eigenvalue weighted by molar-refractivity contribution is 0.0937. The van der Waals surface area contributed by atoms with Gasteiger partial charge in [0.15, 0.2) is 0 Å². The van der Waals surface area contributed by atoms with E-state index >= 15 is 0 Å². The fourth-order valence-corrected chi connectivity index (χ4v) is 1.94. The Morgan fingerprint density at radius 3 is 3.19 bits per heavy atom. The third-order valence-electron chi connectivity index (χ3n) is 2.92. The highest BCUT2D eigenvalue weighted by molar-refractivity contribution is 5.89. The van der Waals surface area contributed by atoms with E-state index in [1.807, 2.05) is 0 Å². The predicted molar refractivity (Wildman–Crippen MR) is 56.7 cm³/mol. The summed E-state index contributed by atoms with van der Waals surface area (Å²) in [5.74, 6) is 0.379. The molecule has 1 amide bonds. The molecule has 0 aromatic carbocycles. The molecule has 2 rings (SSSR count). The van der Waals surface area contributed by atoms with E-state index in [2.05, 4.69) is 37.8 Å². The minimum atomic E-state index is -0.260. The maximum absolute atomic E-state index is 11.5. The SMILES string of the molecule is CCN1CCC(CNC(=O)c2nn[nH]n2)C1. The van der Waals surface area contributed by atoms with Crippen molar-refractivity contribution >= 4 is 5.91 Å². The Labute approximate surface area is 93.6 Å². The zero-order valence-electron chi connectivity index (χ0n) is 9.31. The van der Waals surface area contributed by atoms with Crippen molar-refractivity contribution in [2.45, 2.75) is 13.3 Å². The third-order valence-corrected chi connectivity index (χ3v) is 2.92. The minimum Gasteiger partial charge on any atom is -0.349 e. The molecule has 0 aliphatic carbocycles. The van der Waals surface area contributed by atoms with Crippen LogP contribution in [0.25, 0.3) is 0 Å². The van der Waals surface area contributed by atoms with Crippen LogP contribution >= 0.6 is 0 Å². The molecular formula is C9H16N6O. The first-order valence-electron chi connectivity index (χ1n) is 5.53. The number of nitrogens with zero attached hydrogens (tertiary/aromatic N) is 4. The molecule has 0 radical (unpaired) electrons. The van der Waals surface area contributed by atoms with Crippen molar-refractivity contribution in [2.24, 2.45) is 5.92 Å². The fourth-order valence-electron chi connectivity index (χ4n) is 1.94. The first-order valence-corrected chi connectivity index (χ1v) is 5.53. The van der Waals surface area contributed by atoms with Crippen LogP contribution in [0.3, 0.4) is 0 Å². The van der Waals surface area contributed by atoms with Crippen LogP contribution in [0.15, 0.2) is 0 Å². The number of carbonyl (C=O) groups is 1. The number of amides is 1. The van der Waals surface area contributed by atoms with E-state index in [1.165, 1.54) is 0 Å². The van der Waals surface area contributed by atoms with Gasteiger partial charge in [0, 0.05) is 13.1 Å². The number of likely N-dealkylation sites (tertiary alicyclic amines) is 1. The van der Waals surface area contributed by atoms with Crippen LogP contribution in [0.5, 0.6) is 0 Å². The van der Waals surface area contributed by atoms with Crippen LogP contribution in [0, 0.1) is 5.92 Å². The Hall–Kier alpha value is -1.50. The van der Waals surface area contributed by atoms with Gasteiger partial charge in [0.2, 0.25) is 0 Å². The second-order valence-corrected chi connectivity index (χ2v) is 3.99. The van der Waals surface area contributed by atoms with E-state index in [-0.39, 0.29) is 11.7 Å². The number of nitrogens with one attached hydrogen (secondary N) is 2.